The minimum atomic E-state index is -0.498. The summed E-state index contributed by atoms with van der Waals surface area (Å²) >= 11 is 1.25. The molecule has 0 spiro atoms. The van der Waals surface area contributed by atoms with Gasteiger partial charge >= 0.3 is 5.97 Å². The van der Waals surface area contributed by atoms with Crippen LogP contribution < -0.4 is 5.73 Å². The molecule has 0 radical (unpaired) electrons. The summed E-state index contributed by atoms with van der Waals surface area (Å²) in [6, 6.07) is 3.74. The second kappa shape index (κ2) is 6.36. The lowest BCUT2D eigenvalue weighted by atomic mass is 10.3. The Hall–Kier alpha value is -1.40. The molecular formula is C11H16NO4S+. The maximum atomic E-state index is 11.3. The number of rotatable bonds is 5. The molecule has 0 heterocycles. The number of hydrogen-bond acceptors (Lipinski definition) is 5. The third-order valence-corrected chi connectivity index (χ3v) is 3.21. The van der Waals surface area contributed by atoms with E-state index in [1.54, 1.807) is 6.92 Å². The van der Waals surface area contributed by atoms with E-state index in [2.05, 4.69) is 5.73 Å². The largest absolute Gasteiger partial charge is 0.508 e. The van der Waals surface area contributed by atoms with Crippen LogP contribution in [0.1, 0.15) is 6.92 Å². The van der Waals surface area contributed by atoms with Gasteiger partial charge in [-0.25, -0.2) is 4.79 Å². The van der Waals surface area contributed by atoms with E-state index in [1.165, 1.54) is 30.0 Å². The molecule has 0 fully saturated rings. The summed E-state index contributed by atoms with van der Waals surface area (Å²) in [5, 5.41) is 18.8. The Morgan fingerprint density at radius 1 is 1.53 bits per heavy atom. The van der Waals surface area contributed by atoms with Crippen molar-refractivity contribution in [2.45, 2.75) is 17.9 Å². The molecule has 0 aliphatic carbocycles. The molecule has 0 bridgehead atoms. The lowest BCUT2D eigenvalue weighted by Gasteiger charge is -2.08. The molecule has 0 amide bonds. The molecule has 0 aliphatic heterocycles. The summed E-state index contributed by atoms with van der Waals surface area (Å²) in [6.07, 6.45) is 0. The van der Waals surface area contributed by atoms with Gasteiger partial charge in [0.1, 0.15) is 11.5 Å². The lowest BCUT2D eigenvalue weighted by molar-refractivity contribution is -0.401. The number of phenols is 2. The van der Waals surface area contributed by atoms with Crippen molar-refractivity contribution in [3.05, 3.63) is 18.2 Å². The first-order chi connectivity index (χ1) is 8.04. The fourth-order valence-electron chi connectivity index (χ4n) is 1.14. The first-order valence-electron chi connectivity index (χ1n) is 5.19. The number of benzene rings is 1. The van der Waals surface area contributed by atoms with Gasteiger partial charge in [-0.05, 0) is 25.1 Å². The van der Waals surface area contributed by atoms with E-state index >= 15 is 0 Å². The first-order valence-corrected chi connectivity index (χ1v) is 6.17. The normalized spacial score (nSPS) is 12.1. The van der Waals surface area contributed by atoms with Gasteiger partial charge in [-0.15, -0.1) is 11.8 Å². The van der Waals surface area contributed by atoms with E-state index in [0.29, 0.717) is 17.3 Å². The number of esters is 1. The van der Waals surface area contributed by atoms with Crippen LogP contribution >= 0.6 is 11.8 Å². The van der Waals surface area contributed by atoms with Crippen molar-refractivity contribution in [3.8, 4) is 11.5 Å². The zero-order valence-electron chi connectivity index (χ0n) is 9.55. The predicted molar refractivity (Wildman–Crippen MR) is 63.8 cm³/mol. The minimum absolute atomic E-state index is 0.0713. The number of quaternary nitrogens is 1. The lowest BCUT2D eigenvalue weighted by Crippen LogP contribution is -2.66. The topological polar surface area (TPSA) is 94.4 Å². The van der Waals surface area contributed by atoms with Gasteiger partial charge in [0.25, 0.3) is 0 Å². The highest BCUT2D eigenvalue weighted by Gasteiger charge is 2.19. The van der Waals surface area contributed by atoms with Gasteiger partial charge in [0, 0.05) is 0 Å². The summed E-state index contributed by atoms with van der Waals surface area (Å²) in [4.78, 5) is 11.8. The van der Waals surface area contributed by atoms with Crippen LogP contribution in [0.25, 0.3) is 0 Å². The molecule has 5 N–H and O–H groups in total. The summed E-state index contributed by atoms with van der Waals surface area (Å²) in [5.41, 5.74) is 3.68. The first kappa shape index (κ1) is 13.7. The molecule has 1 unspecified atom stereocenters. The SMILES string of the molecule is CCOC(=O)C([NH3+])CSc1cc(O)ccc1O. The molecule has 1 aromatic rings. The second-order valence-electron chi connectivity index (χ2n) is 3.41. The van der Waals surface area contributed by atoms with Crippen molar-refractivity contribution in [1.29, 1.82) is 0 Å². The number of ether oxygens (including phenoxy) is 1. The summed E-state index contributed by atoms with van der Waals surface area (Å²) < 4.78 is 4.82. The Balaban J connectivity index is 2.55. The molecule has 1 atom stereocenters. The quantitative estimate of drug-likeness (QED) is 0.403. The standard InChI is InChI=1S/C11H15NO4S/c1-2-16-11(15)8(12)6-17-10-5-7(13)3-4-9(10)14/h3-5,8,13-14H,2,6,12H2,1H3/p+1. The van der Waals surface area contributed by atoms with Gasteiger partial charge < -0.3 is 20.7 Å². The van der Waals surface area contributed by atoms with E-state index < -0.39 is 6.04 Å². The van der Waals surface area contributed by atoms with Gasteiger partial charge in [0.05, 0.1) is 17.3 Å². The number of carbonyl (C=O) groups is 1. The van der Waals surface area contributed by atoms with E-state index in [-0.39, 0.29) is 17.5 Å². The fraction of sp³-hybridized carbons (Fsp3) is 0.364. The maximum Gasteiger partial charge on any atom is 0.365 e. The third-order valence-electron chi connectivity index (χ3n) is 2.00. The van der Waals surface area contributed by atoms with Crippen LogP contribution in [-0.2, 0) is 9.53 Å². The molecule has 1 rings (SSSR count). The molecule has 0 aromatic heterocycles. The van der Waals surface area contributed by atoms with E-state index in [9.17, 15) is 15.0 Å². The molecule has 6 heteroatoms. The Bertz CT molecular complexity index is 397. The monoisotopic (exact) mass is 258 g/mol. The van der Waals surface area contributed by atoms with Crippen LogP contribution in [-0.4, -0.2) is 34.6 Å². The number of aromatic hydroxyl groups is 2. The average molecular weight is 258 g/mol. The van der Waals surface area contributed by atoms with Crippen LogP contribution in [0.4, 0.5) is 0 Å². The maximum absolute atomic E-state index is 11.3. The highest BCUT2D eigenvalue weighted by Crippen LogP contribution is 2.31. The molecule has 0 saturated carbocycles. The molecule has 5 nitrogen and oxygen atoms in total. The Morgan fingerprint density at radius 3 is 2.88 bits per heavy atom. The molecule has 0 aliphatic rings. The number of thioether (sulfide) groups is 1. The van der Waals surface area contributed by atoms with Crippen molar-refractivity contribution in [2.75, 3.05) is 12.4 Å². The van der Waals surface area contributed by atoms with E-state index in [1.807, 2.05) is 0 Å². The molecular weight excluding hydrogens is 242 g/mol. The average Bonchev–Trinajstić information content (AvgIpc) is 2.30. The Morgan fingerprint density at radius 2 is 2.24 bits per heavy atom. The predicted octanol–water partition coefficient (Wildman–Crippen LogP) is 0.363. The smallest absolute Gasteiger partial charge is 0.365 e. The second-order valence-corrected chi connectivity index (χ2v) is 4.47. The number of phenolic OH excluding ortho intramolecular Hbond substituents is 2. The van der Waals surface area contributed by atoms with Crippen molar-refractivity contribution in [2.24, 2.45) is 0 Å². The van der Waals surface area contributed by atoms with Crippen molar-refractivity contribution >= 4 is 17.7 Å². The third kappa shape index (κ3) is 4.16. The molecule has 0 saturated heterocycles. The zero-order chi connectivity index (χ0) is 12.8. The van der Waals surface area contributed by atoms with Gasteiger partial charge in [-0.3, -0.25) is 0 Å². The summed E-state index contributed by atoms with van der Waals surface area (Å²) in [7, 11) is 0. The Kier molecular flexibility index (Phi) is 5.11. The van der Waals surface area contributed by atoms with E-state index in [4.69, 9.17) is 4.74 Å². The van der Waals surface area contributed by atoms with Crippen LogP contribution in [0.15, 0.2) is 23.1 Å². The van der Waals surface area contributed by atoms with Gasteiger partial charge in [-0.2, -0.15) is 0 Å². The highest BCUT2D eigenvalue weighted by molar-refractivity contribution is 7.99. The van der Waals surface area contributed by atoms with E-state index in [0.717, 1.165) is 0 Å². The fourth-order valence-corrected chi connectivity index (χ4v) is 2.07. The van der Waals surface area contributed by atoms with Crippen molar-refractivity contribution in [1.82, 2.24) is 0 Å². The minimum Gasteiger partial charge on any atom is -0.508 e. The summed E-state index contributed by atoms with van der Waals surface area (Å²) in [6.45, 7) is 2.06. The Labute approximate surface area is 104 Å². The van der Waals surface area contributed by atoms with Crippen LogP contribution in [0.3, 0.4) is 0 Å². The highest BCUT2D eigenvalue weighted by atomic mass is 32.2. The molecule has 94 valence electrons. The molecule has 17 heavy (non-hydrogen) atoms. The summed E-state index contributed by atoms with van der Waals surface area (Å²) in [5.74, 6) is 0.168. The van der Waals surface area contributed by atoms with Crippen molar-refractivity contribution < 1.29 is 25.5 Å². The van der Waals surface area contributed by atoms with Crippen molar-refractivity contribution in [3.63, 3.8) is 0 Å². The van der Waals surface area contributed by atoms with Gasteiger partial charge in [0.15, 0.2) is 6.04 Å². The van der Waals surface area contributed by atoms with Gasteiger partial charge in [0.2, 0.25) is 0 Å². The van der Waals surface area contributed by atoms with Crippen LogP contribution in [0, 0.1) is 0 Å². The zero-order valence-corrected chi connectivity index (χ0v) is 10.4. The van der Waals surface area contributed by atoms with Crippen LogP contribution in [0.5, 0.6) is 11.5 Å². The molecule has 1 aromatic carbocycles. The van der Waals surface area contributed by atoms with Gasteiger partial charge in [-0.1, -0.05) is 0 Å². The number of carbonyl (C=O) groups excluding carboxylic acids is 1. The number of hydrogen-bond donors (Lipinski definition) is 3. The van der Waals surface area contributed by atoms with Crippen LogP contribution in [0.2, 0.25) is 0 Å².